The summed E-state index contributed by atoms with van der Waals surface area (Å²) in [4.78, 5) is 0.421. The van der Waals surface area contributed by atoms with Gasteiger partial charge in [0.1, 0.15) is 0 Å². The highest BCUT2D eigenvalue weighted by atomic mass is 32.2. The topological polar surface area (TPSA) is 0 Å². The molecule has 0 aliphatic heterocycles. The number of hydrogen-bond acceptors (Lipinski definition) is 1. The third-order valence-electron chi connectivity index (χ3n) is 1.95. The molecular weight excluding hydrogens is 200 g/mol. The largest absolute Gasteiger partial charge is 0.121 e. The quantitative estimate of drug-likeness (QED) is 0.693. The first-order chi connectivity index (χ1) is 9.02. The minimum atomic E-state index is 0.0524. The molecule has 0 spiro atoms. The lowest BCUT2D eigenvalue weighted by Crippen LogP contribution is -1.79. The molecule has 0 saturated carbocycles. The first-order valence-electron chi connectivity index (χ1n) is 6.76. The Bertz CT molecular complexity index is 567. The van der Waals surface area contributed by atoms with Gasteiger partial charge in [-0.25, -0.2) is 0 Å². The van der Waals surface area contributed by atoms with Crippen molar-refractivity contribution in [2.24, 2.45) is 0 Å². The maximum absolute atomic E-state index is 7.93. The molecule has 0 fully saturated rings. The number of thioether (sulfide) groups is 1. The van der Waals surface area contributed by atoms with E-state index < -0.39 is 0 Å². The maximum Gasteiger partial charge on any atom is 0.0635 e. The molecule has 76 valence electrons. The summed E-state index contributed by atoms with van der Waals surface area (Å²) in [6.07, 6.45) is 0. The van der Waals surface area contributed by atoms with Crippen LogP contribution in [-0.2, 0) is 5.75 Å². The van der Waals surface area contributed by atoms with Crippen molar-refractivity contribution in [3.63, 3.8) is 0 Å². The van der Waals surface area contributed by atoms with Gasteiger partial charge in [0, 0.05) is 10.6 Å². The maximum atomic E-state index is 7.93. The molecular formula is C14H14S. The van der Waals surface area contributed by atoms with Gasteiger partial charge in [-0.15, -0.1) is 11.8 Å². The first kappa shape index (κ1) is 6.39. The van der Waals surface area contributed by atoms with E-state index in [-0.39, 0.29) is 24.2 Å². The Labute approximate surface area is 101 Å². The number of hydrogen-bond donors (Lipinski definition) is 0. The average molecular weight is 218 g/mol. The van der Waals surface area contributed by atoms with Gasteiger partial charge in [0.25, 0.3) is 0 Å². The van der Waals surface area contributed by atoms with Crippen LogP contribution in [0.3, 0.4) is 0 Å². The Balaban J connectivity index is 2.31. The standard InChI is InChI=1S/C14H14S/c1-12-7-9-14(10-8-12)15-11-13-5-3-2-4-6-13/h2-10H,11H2,1H3/i7D,8D,9D,10D. The third-order valence-corrected chi connectivity index (χ3v) is 2.92. The molecule has 0 aliphatic carbocycles. The van der Waals surface area contributed by atoms with E-state index in [1.165, 1.54) is 11.8 Å². The molecule has 2 aromatic rings. The van der Waals surface area contributed by atoms with Gasteiger partial charge in [-0.3, -0.25) is 0 Å². The Morgan fingerprint density at radius 3 is 2.40 bits per heavy atom. The van der Waals surface area contributed by atoms with Gasteiger partial charge >= 0.3 is 0 Å². The van der Waals surface area contributed by atoms with Gasteiger partial charge in [-0.2, -0.15) is 0 Å². The SMILES string of the molecule is [2H]c1c([2H])c(SCc2ccccc2)c([2H])c([2H])c1C. The smallest absolute Gasteiger partial charge is 0.0635 e. The predicted octanol–water partition coefficient (Wildman–Crippen LogP) is 4.29. The van der Waals surface area contributed by atoms with Crippen molar-refractivity contribution in [1.82, 2.24) is 0 Å². The first-order valence-corrected chi connectivity index (χ1v) is 5.74. The zero-order valence-corrected chi connectivity index (χ0v) is 9.32. The van der Waals surface area contributed by atoms with Gasteiger partial charge in [-0.05, 0) is 24.6 Å². The van der Waals surface area contributed by atoms with E-state index in [9.17, 15) is 0 Å². The molecule has 0 radical (unpaired) electrons. The molecule has 0 aliphatic rings. The molecule has 0 nitrogen and oxygen atoms in total. The van der Waals surface area contributed by atoms with Gasteiger partial charge in [0.05, 0.1) is 5.48 Å². The predicted molar refractivity (Wildman–Crippen MR) is 67.2 cm³/mol. The second-order valence-electron chi connectivity index (χ2n) is 3.23. The van der Waals surface area contributed by atoms with E-state index >= 15 is 0 Å². The summed E-state index contributed by atoms with van der Waals surface area (Å²) < 4.78 is 31.5. The van der Waals surface area contributed by atoms with E-state index in [0.29, 0.717) is 16.2 Å². The summed E-state index contributed by atoms with van der Waals surface area (Å²) in [5.41, 5.74) is 1.50. The van der Waals surface area contributed by atoms with Gasteiger partial charge < -0.3 is 0 Å². The minimum Gasteiger partial charge on any atom is -0.121 e. The highest BCUT2D eigenvalue weighted by molar-refractivity contribution is 7.98. The normalized spacial score (nSPS) is 13.9. The van der Waals surface area contributed by atoms with Gasteiger partial charge in [0.15, 0.2) is 0 Å². The molecule has 0 amide bonds. The highest BCUT2D eigenvalue weighted by Gasteiger charge is 1.94. The summed E-state index contributed by atoms with van der Waals surface area (Å²) in [6, 6.07) is 10.0. The van der Waals surface area contributed by atoms with Crippen LogP contribution in [-0.4, -0.2) is 0 Å². The van der Waals surface area contributed by atoms with Gasteiger partial charge in [0.2, 0.25) is 0 Å². The van der Waals surface area contributed by atoms with Crippen molar-refractivity contribution in [2.75, 3.05) is 0 Å². The van der Waals surface area contributed by atoms with Crippen LogP contribution in [0.4, 0.5) is 0 Å². The second-order valence-corrected chi connectivity index (χ2v) is 4.21. The van der Waals surface area contributed by atoms with Crippen LogP contribution in [0, 0.1) is 6.92 Å². The lowest BCUT2D eigenvalue weighted by Gasteiger charge is -2.02. The van der Waals surface area contributed by atoms with Crippen molar-refractivity contribution >= 4 is 11.8 Å². The van der Waals surface area contributed by atoms with Crippen LogP contribution in [0.1, 0.15) is 16.6 Å². The van der Waals surface area contributed by atoms with Crippen molar-refractivity contribution in [2.45, 2.75) is 17.6 Å². The van der Waals surface area contributed by atoms with Crippen molar-refractivity contribution < 1.29 is 5.48 Å². The highest BCUT2D eigenvalue weighted by Crippen LogP contribution is 2.22. The Hall–Kier alpha value is -1.21. The Morgan fingerprint density at radius 1 is 1.07 bits per heavy atom. The fourth-order valence-electron chi connectivity index (χ4n) is 1.17. The minimum absolute atomic E-state index is 0.0524. The Morgan fingerprint density at radius 2 is 1.73 bits per heavy atom. The summed E-state index contributed by atoms with van der Waals surface area (Å²) in [5, 5.41) is 0. The van der Waals surface area contributed by atoms with E-state index in [2.05, 4.69) is 0 Å². The fraction of sp³-hybridized carbons (Fsp3) is 0.143. The number of benzene rings is 2. The summed E-state index contributed by atoms with van der Waals surface area (Å²) >= 11 is 1.35. The van der Waals surface area contributed by atoms with Crippen LogP contribution >= 0.6 is 11.8 Å². The monoisotopic (exact) mass is 218 g/mol. The molecule has 0 aromatic heterocycles. The van der Waals surface area contributed by atoms with E-state index in [1.807, 2.05) is 30.3 Å². The molecule has 0 atom stereocenters. The average Bonchev–Trinajstić information content (AvgIpc) is 2.44. The Kier molecular flexibility index (Phi) is 2.14. The van der Waals surface area contributed by atoms with Gasteiger partial charge in [-0.1, -0.05) is 48.0 Å². The molecule has 0 N–H and O–H groups in total. The van der Waals surface area contributed by atoms with E-state index in [4.69, 9.17) is 5.48 Å². The third kappa shape index (κ3) is 3.14. The molecule has 2 rings (SSSR count). The van der Waals surface area contributed by atoms with Crippen molar-refractivity contribution in [3.05, 3.63) is 65.6 Å². The molecule has 2 aromatic carbocycles. The van der Waals surface area contributed by atoms with Crippen LogP contribution in [0.25, 0.3) is 0 Å². The molecule has 1 heteroatoms. The van der Waals surface area contributed by atoms with Crippen molar-refractivity contribution in [3.8, 4) is 0 Å². The molecule has 0 heterocycles. The zero-order valence-electron chi connectivity index (χ0n) is 12.5. The molecule has 0 saturated heterocycles. The summed E-state index contributed by atoms with van der Waals surface area (Å²) in [6.45, 7) is 1.62. The lowest BCUT2D eigenvalue weighted by atomic mass is 10.2. The van der Waals surface area contributed by atoms with E-state index in [1.54, 1.807) is 6.92 Å². The molecule has 0 bridgehead atoms. The fourth-order valence-corrected chi connectivity index (χ4v) is 1.92. The van der Waals surface area contributed by atoms with Crippen LogP contribution in [0.15, 0.2) is 59.4 Å². The molecule has 15 heavy (non-hydrogen) atoms. The molecule has 0 unspecified atom stereocenters. The van der Waals surface area contributed by atoms with Crippen molar-refractivity contribution in [1.29, 1.82) is 0 Å². The van der Waals surface area contributed by atoms with Crippen LogP contribution < -0.4 is 0 Å². The summed E-state index contributed by atoms with van der Waals surface area (Å²) in [7, 11) is 0. The lowest BCUT2D eigenvalue weighted by molar-refractivity contribution is 1.35. The van der Waals surface area contributed by atoms with Crippen LogP contribution in [0.2, 0.25) is 0 Å². The zero-order chi connectivity index (χ0) is 14.0. The second kappa shape index (κ2) is 5.04. The summed E-state index contributed by atoms with van der Waals surface area (Å²) in [5.74, 6) is 0.639. The number of rotatable bonds is 3. The van der Waals surface area contributed by atoms with Crippen LogP contribution in [0.5, 0.6) is 0 Å². The van der Waals surface area contributed by atoms with E-state index in [0.717, 1.165) is 5.56 Å².